The number of nitrogens with two attached hydrogens (primary N) is 1. The third-order valence-electron chi connectivity index (χ3n) is 2.87. The molecule has 0 spiro atoms. The van der Waals surface area contributed by atoms with Gasteiger partial charge >= 0.3 is 0 Å². The molecule has 0 amide bonds. The van der Waals surface area contributed by atoms with Crippen LogP contribution in [-0.4, -0.2) is 11.0 Å². The van der Waals surface area contributed by atoms with Crippen LogP contribution < -0.4 is 5.73 Å². The smallest absolute Gasteiger partial charge is 0.101 e. The van der Waals surface area contributed by atoms with E-state index in [1.165, 1.54) is 5.56 Å². The van der Waals surface area contributed by atoms with Gasteiger partial charge in [0.25, 0.3) is 0 Å². The molecular weight excluding hydrogens is 276 g/mol. The number of aromatic nitrogens is 1. The van der Waals surface area contributed by atoms with Gasteiger partial charge < -0.3 is 5.73 Å². The van der Waals surface area contributed by atoms with Crippen molar-refractivity contribution in [1.29, 1.82) is 0 Å². The second kappa shape index (κ2) is 6.94. The second-order valence-electron chi connectivity index (χ2n) is 4.41. The summed E-state index contributed by atoms with van der Waals surface area (Å²) in [5, 5.41) is 1.71. The van der Waals surface area contributed by atoms with Crippen LogP contribution in [0.15, 0.2) is 52.5 Å². The van der Waals surface area contributed by atoms with Crippen LogP contribution in [0.3, 0.4) is 0 Å². The first-order chi connectivity index (χ1) is 9.19. The molecule has 2 nitrogen and oxygen atoms in total. The highest BCUT2D eigenvalue weighted by atomic mass is 35.5. The first-order valence-corrected chi connectivity index (χ1v) is 7.51. The van der Waals surface area contributed by atoms with Crippen LogP contribution in [0, 0.1) is 0 Å². The Bertz CT molecular complexity index is 531. The number of hydrogen-bond donors (Lipinski definition) is 1. The molecule has 1 aromatic heterocycles. The van der Waals surface area contributed by atoms with Crippen molar-refractivity contribution in [3.8, 4) is 0 Å². The normalized spacial score (nSPS) is 12.4. The average molecular weight is 293 g/mol. The van der Waals surface area contributed by atoms with E-state index in [0.717, 1.165) is 27.8 Å². The lowest BCUT2D eigenvalue weighted by atomic mass is 10.1. The predicted molar refractivity (Wildman–Crippen MR) is 81.8 cm³/mol. The van der Waals surface area contributed by atoms with Crippen molar-refractivity contribution < 1.29 is 0 Å². The highest BCUT2D eigenvalue weighted by Gasteiger charge is 2.07. The number of hydrogen-bond acceptors (Lipinski definition) is 3. The van der Waals surface area contributed by atoms with Crippen molar-refractivity contribution >= 4 is 23.4 Å². The molecule has 0 fully saturated rings. The molecule has 1 aromatic carbocycles. The Morgan fingerprint density at radius 3 is 2.79 bits per heavy atom. The largest absolute Gasteiger partial charge is 0.327 e. The molecule has 0 bridgehead atoms. The quantitative estimate of drug-likeness (QED) is 0.899. The summed E-state index contributed by atoms with van der Waals surface area (Å²) in [6.07, 6.45) is 3.62. The number of benzene rings is 1. The monoisotopic (exact) mass is 292 g/mol. The molecule has 2 N–H and O–H groups in total. The van der Waals surface area contributed by atoms with Gasteiger partial charge in [-0.2, -0.15) is 0 Å². The molecule has 100 valence electrons. The first-order valence-electron chi connectivity index (χ1n) is 6.32. The van der Waals surface area contributed by atoms with Gasteiger partial charge in [0.05, 0.1) is 5.02 Å². The Morgan fingerprint density at radius 1 is 1.32 bits per heavy atom. The zero-order valence-electron chi connectivity index (χ0n) is 10.8. The number of rotatable bonds is 5. The van der Waals surface area contributed by atoms with Crippen molar-refractivity contribution in [3.63, 3.8) is 0 Å². The molecule has 0 radical (unpaired) electrons. The lowest BCUT2D eigenvalue weighted by Gasteiger charge is -2.10. The van der Waals surface area contributed by atoms with Gasteiger partial charge in [0.15, 0.2) is 0 Å². The van der Waals surface area contributed by atoms with Gasteiger partial charge in [-0.25, -0.2) is 4.98 Å². The minimum Gasteiger partial charge on any atom is -0.327 e. The molecule has 2 rings (SSSR count). The minimum absolute atomic E-state index is 0.199. The zero-order chi connectivity index (χ0) is 13.7. The van der Waals surface area contributed by atoms with Crippen LogP contribution in [-0.2, 0) is 6.42 Å². The molecule has 0 saturated heterocycles. The summed E-state index contributed by atoms with van der Waals surface area (Å²) in [4.78, 5) is 5.31. The van der Waals surface area contributed by atoms with Crippen LogP contribution in [0.1, 0.15) is 18.9 Å². The summed E-state index contributed by atoms with van der Waals surface area (Å²) in [7, 11) is 0. The van der Waals surface area contributed by atoms with Gasteiger partial charge in [-0.1, -0.05) is 42.4 Å². The maximum absolute atomic E-state index is 6.32. The fraction of sp³-hybridized carbons (Fsp3) is 0.267. The van der Waals surface area contributed by atoms with Crippen LogP contribution >= 0.6 is 23.4 Å². The number of nitrogens with zero attached hydrogens (tertiary/aromatic N) is 1. The molecule has 19 heavy (non-hydrogen) atoms. The molecule has 0 aliphatic carbocycles. The molecular formula is C15H17ClN2S. The summed E-state index contributed by atoms with van der Waals surface area (Å²) in [6, 6.07) is 12.2. The second-order valence-corrected chi connectivity index (χ2v) is 5.88. The third kappa shape index (κ3) is 4.23. The third-order valence-corrected chi connectivity index (χ3v) is 4.32. The molecule has 0 aliphatic rings. The molecule has 1 unspecified atom stereocenters. The predicted octanol–water partition coefficient (Wildman–Crippen LogP) is 4.17. The van der Waals surface area contributed by atoms with Crippen molar-refractivity contribution in [2.24, 2.45) is 5.73 Å². The molecule has 0 aliphatic heterocycles. The van der Waals surface area contributed by atoms with Crippen molar-refractivity contribution in [2.45, 2.75) is 35.7 Å². The Kier molecular flexibility index (Phi) is 5.25. The van der Waals surface area contributed by atoms with Gasteiger partial charge in [0.1, 0.15) is 5.03 Å². The molecule has 0 saturated carbocycles. The van der Waals surface area contributed by atoms with Gasteiger partial charge in [-0.05, 0) is 42.7 Å². The summed E-state index contributed by atoms with van der Waals surface area (Å²) < 4.78 is 0. The van der Waals surface area contributed by atoms with E-state index in [0.29, 0.717) is 0 Å². The van der Waals surface area contributed by atoms with Gasteiger partial charge in [-0.3, -0.25) is 0 Å². The summed E-state index contributed by atoms with van der Waals surface area (Å²) in [5.74, 6) is 0. The fourth-order valence-electron chi connectivity index (χ4n) is 1.72. The van der Waals surface area contributed by atoms with E-state index in [9.17, 15) is 0 Å². The van der Waals surface area contributed by atoms with Gasteiger partial charge in [0.2, 0.25) is 0 Å². The summed E-state index contributed by atoms with van der Waals surface area (Å²) in [5.41, 5.74) is 7.14. The van der Waals surface area contributed by atoms with Crippen molar-refractivity contribution in [3.05, 3.63) is 53.2 Å². The standard InChI is InChI=1S/C15H17ClN2S/c1-2-12(17)9-11-6-7-14(13(16)10-11)19-15-5-3-4-8-18-15/h3-8,10,12H,2,9,17H2,1H3. The van der Waals surface area contributed by atoms with Crippen molar-refractivity contribution in [1.82, 2.24) is 4.98 Å². The average Bonchev–Trinajstić information content (AvgIpc) is 2.43. The van der Waals surface area contributed by atoms with E-state index < -0.39 is 0 Å². The van der Waals surface area contributed by atoms with Crippen LogP contribution in [0.4, 0.5) is 0 Å². The Labute approximate surface area is 123 Å². The lowest BCUT2D eigenvalue weighted by Crippen LogP contribution is -2.21. The molecule has 4 heteroatoms. The Balaban J connectivity index is 2.11. The van der Waals surface area contributed by atoms with Gasteiger partial charge in [-0.15, -0.1) is 0 Å². The minimum atomic E-state index is 0.199. The van der Waals surface area contributed by atoms with Crippen LogP contribution in [0.5, 0.6) is 0 Å². The summed E-state index contributed by atoms with van der Waals surface area (Å²) >= 11 is 7.89. The molecule has 1 heterocycles. The van der Waals surface area contributed by atoms with Gasteiger partial charge in [0, 0.05) is 17.1 Å². The van der Waals surface area contributed by atoms with E-state index in [2.05, 4.69) is 18.0 Å². The van der Waals surface area contributed by atoms with E-state index in [1.54, 1.807) is 18.0 Å². The molecule has 2 aromatic rings. The number of pyridine rings is 1. The maximum atomic E-state index is 6.32. The highest BCUT2D eigenvalue weighted by Crippen LogP contribution is 2.32. The van der Waals surface area contributed by atoms with E-state index >= 15 is 0 Å². The first kappa shape index (κ1) is 14.4. The van der Waals surface area contributed by atoms with Crippen molar-refractivity contribution in [2.75, 3.05) is 0 Å². The van der Waals surface area contributed by atoms with E-state index in [-0.39, 0.29) is 6.04 Å². The summed E-state index contributed by atoms with van der Waals surface area (Å²) in [6.45, 7) is 2.09. The van der Waals surface area contributed by atoms with E-state index in [4.69, 9.17) is 17.3 Å². The SMILES string of the molecule is CCC(N)Cc1ccc(Sc2ccccn2)c(Cl)c1. The van der Waals surface area contributed by atoms with E-state index in [1.807, 2.05) is 30.3 Å². The number of halogens is 1. The maximum Gasteiger partial charge on any atom is 0.101 e. The van der Waals surface area contributed by atoms with Crippen LogP contribution in [0.25, 0.3) is 0 Å². The zero-order valence-corrected chi connectivity index (χ0v) is 12.4. The van der Waals surface area contributed by atoms with Crippen LogP contribution in [0.2, 0.25) is 5.02 Å². The topological polar surface area (TPSA) is 38.9 Å². The Morgan fingerprint density at radius 2 is 2.16 bits per heavy atom. The fourth-order valence-corrected chi connectivity index (χ4v) is 2.82. The lowest BCUT2D eigenvalue weighted by molar-refractivity contribution is 0.646. The molecule has 1 atom stereocenters. The highest BCUT2D eigenvalue weighted by molar-refractivity contribution is 7.99. The Hall–Kier alpha value is -1.03.